The number of ether oxygens (including phenoxy) is 2. The van der Waals surface area contributed by atoms with Crippen molar-refractivity contribution in [3.05, 3.63) is 46.2 Å². The Morgan fingerprint density at radius 1 is 1.04 bits per heavy atom. The molecule has 2 aromatic rings. The molecule has 25 heavy (non-hydrogen) atoms. The van der Waals surface area contributed by atoms with Crippen LogP contribution in [0.4, 0.5) is 0 Å². The molecule has 0 aliphatic heterocycles. The van der Waals surface area contributed by atoms with Crippen molar-refractivity contribution < 1.29 is 14.8 Å². The van der Waals surface area contributed by atoms with Gasteiger partial charge in [0, 0.05) is 10.4 Å². The summed E-state index contributed by atoms with van der Waals surface area (Å²) < 4.78 is 11.8. The summed E-state index contributed by atoms with van der Waals surface area (Å²) in [5.41, 5.74) is 1.32. The summed E-state index contributed by atoms with van der Waals surface area (Å²) in [5.74, 6) is 1.71. The van der Waals surface area contributed by atoms with Crippen LogP contribution < -0.4 is 14.8 Å². The molecule has 1 fully saturated rings. The zero-order chi connectivity index (χ0) is 17.3. The number of nitrogens with two attached hydrogens (primary N) is 1. The third kappa shape index (κ3) is 5.75. The lowest BCUT2D eigenvalue weighted by Gasteiger charge is -2.15. The summed E-state index contributed by atoms with van der Waals surface area (Å²) in [4.78, 5) is 1.23. The zero-order valence-corrected chi connectivity index (χ0v) is 16.0. The van der Waals surface area contributed by atoms with E-state index >= 15 is 0 Å². The van der Waals surface area contributed by atoms with Gasteiger partial charge in [-0.2, -0.15) is 0 Å². The van der Waals surface area contributed by atoms with Crippen LogP contribution >= 0.6 is 11.3 Å². The van der Waals surface area contributed by atoms with Gasteiger partial charge in [0.15, 0.2) is 11.5 Å². The Morgan fingerprint density at radius 3 is 2.60 bits per heavy atom. The van der Waals surface area contributed by atoms with Crippen LogP contribution in [-0.4, -0.2) is 12.6 Å². The van der Waals surface area contributed by atoms with Crippen LogP contribution in [0.1, 0.15) is 55.9 Å². The lowest BCUT2D eigenvalue weighted by molar-refractivity contribution is -0.705. The maximum Gasteiger partial charge on any atom is 0.161 e. The van der Waals surface area contributed by atoms with E-state index in [2.05, 4.69) is 41.0 Å². The van der Waals surface area contributed by atoms with Gasteiger partial charge in [-0.15, -0.1) is 11.3 Å². The minimum atomic E-state index is 0.602. The van der Waals surface area contributed by atoms with Gasteiger partial charge >= 0.3 is 0 Å². The molecule has 2 N–H and O–H groups in total. The first kappa shape index (κ1) is 18.3. The molecular weight excluding hydrogens is 330 g/mol. The number of benzene rings is 1. The van der Waals surface area contributed by atoms with Crippen molar-refractivity contribution in [2.75, 3.05) is 6.61 Å². The van der Waals surface area contributed by atoms with Gasteiger partial charge in [0.2, 0.25) is 0 Å². The van der Waals surface area contributed by atoms with E-state index in [4.69, 9.17) is 9.47 Å². The monoisotopic (exact) mass is 360 g/mol. The Labute approximate surface area is 155 Å². The van der Waals surface area contributed by atoms with Crippen LogP contribution in [0.25, 0.3) is 0 Å². The first-order valence-corrected chi connectivity index (χ1v) is 10.5. The maximum absolute atomic E-state index is 5.98. The predicted octanol–water partition coefficient (Wildman–Crippen LogP) is 4.51. The maximum atomic E-state index is 5.98. The van der Waals surface area contributed by atoms with E-state index < -0.39 is 0 Å². The number of quaternary nitrogens is 1. The average molecular weight is 361 g/mol. The average Bonchev–Trinajstić information content (AvgIpc) is 3.01. The molecule has 1 aliphatic carbocycles. The normalized spacial score (nSPS) is 15.7. The van der Waals surface area contributed by atoms with Crippen molar-refractivity contribution in [2.45, 2.75) is 64.6 Å². The highest BCUT2D eigenvalue weighted by Crippen LogP contribution is 2.29. The number of thiophene rings is 1. The highest BCUT2D eigenvalue weighted by molar-refractivity contribution is 7.09. The first-order chi connectivity index (χ1) is 12.3. The molecule has 0 amide bonds. The van der Waals surface area contributed by atoms with Gasteiger partial charge in [0.25, 0.3) is 0 Å². The standard InChI is InChI=1S/C21H29NO2S/c1-2-23-21-14-17(15-22-18-8-5-3-4-6-9-18)11-12-20(21)24-16-19-10-7-13-25-19/h7,10-14,18,22H,2-6,8-9,15-16H2,1H3/p+1. The number of rotatable bonds is 8. The second kappa shape index (κ2) is 9.83. The molecule has 1 aromatic carbocycles. The van der Waals surface area contributed by atoms with Crippen molar-refractivity contribution in [3.8, 4) is 11.5 Å². The molecule has 0 saturated heterocycles. The Hall–Kier alpha value is -1.52. The molecule has 1 heterocycles. The van der Waals surface area contributed by atoms with Gasteiger partial charge in [-0.3, -0.25) is 0 Å². The van der Waals surface area contributed by atoms with Crippen molar-refractivity contribution in [2.24, 2.45) is 0 Å². The van der Waals surface area contributed by atoms with Crippen molar-refractivity contribution in [3.63, 3.8) is 0 Å². The minimum Gasteiger partial charge on any atom is -0.490 e. The zero-order valence-electron chi connectivity index (χ0n) is 15.2. The van der Waals surface area contributed by atoms with E-state index in [1.54, 1.807) is 11.3 Å². The van der Waals surface area contributed by atoms with Gasteiger partial charge in [-0.05, 0) is 62.3 Å². The number of hydrogen-bond acceptors (Lipinski definition) is 3. The minimum absolute atomic E-state index is 0.602. The first-order valence-electron chi connectivity index (χ1n) is 9.59. The summed E-state index contributed by atoms with van der Waals surface area (Å²) in [6, 6.07) is 11.3. The Kier molecular flexibility index (Phi) is 7.19. The van der Waals surface area contributed by atoms with Crippen LogP contribution in [0.3, 0.4) is 0 Å². The molecule has 1 aromatic heterocycles. The summed E-state index contributed by atoms with van der Waals surface area (Å²) in [6.07, 6.45) is 8.33. The topological polar surface area (TPSA) is 35.1 Å². The molecule has 4 heteroatoms. The summed E-state index contributed by atoms with van der Waals surface area (Å²) >= 11 is 1.72. The summed E-state index contributed by atoms with van der Waals surface area (Å²) in [5, 5.41) is 4.59. The van der Waals surface area contributed by atoms with E-state index in [9.17, 15) is 0 Å². The lowest BCUT2D eigenvalue weighted by atomic mass is 10.1. The highest BCUT2D eigenvalue weighted by Gasteiger charge is 2.15. The van der Waals surface area contributed by atoms with E-state index in [1.165, 1.54) is 49.0 Å². The number of hydrogen-bond donors (Lipinski definition) is 1. The fourth-order valence-electron chi connectivity index (χ4n) is 3.46. The summed E-state index contributed by atoms with van der Waals surface area (Å²) in [6.45, 7) is 4.31. The fourth-order valence-corrected chi connectivity index (χ4v) is 4.08. The predicted molar refractivity (Wildman–Crippen MR) is 103 cm³/mol. The van der Waals surface area contributed by atoms with Crippen LogP contribution in [0.15, 0.2) is 35.7 Å². The van der Waals surface area contributed by atoms with E-state index in [0.717, 1.165) is 24.1 Å². The Bertz CT molecular complexity index is 619. The SMILES string of the molecule is CCOc1cc(C[NH2+]C2CCCCCC2)ccc1OCc1cccs1. The van der Waals surface area contributed by atoms with Gasteiger partial charge in [0.05, 0.1) is 12.6 Å². The van der Waals surface area contributed by atoms with E-state index in [0.29, 0.717) is 13.2 Å². The van der Waals surface area contributed by atoms with Crippen molar-refractivity contribution in [1.29, 1.82) is 0 Å². The third-order valence-electron chi connectivity index (χ3n) is 4.84. The molecule has 1 saturated carbocycles. The molecule has 1 aliphatic rings. The van der Waals surface area contributed by atoms with Gasteiger partial charge in [-0.25, -0.2) is 0 Å². The molecule has 0 radical (unpaired) electrons. The van der Waals surface area contributed by atoms with Gasteiger partial charge in [-0.1, -0.05) is 18.9 Å². The Balaban J connectivity index is 1.59. The van der Waals surface area contributed by atoms with Gasteiger partial charge in [0.1, 0.15) is 13.2 Å². The molecule has 0 bridgehead atoms. The van der Waals surface area contributed by atoms with Gasteiger partial charge < -0.3 is 14.8 Å². The third-order valence-corrected chi connectivity index (χ3v) is 5.69. The van der Waals surface area contributed by atoms with Crippen LogP contribution in [0.5, 0.6) is 11.5 Å². The second-order valence-electron chi connectivity index (χ2n) is 6.77. The molecule has 0 unspecified atom stereocenters. The summed E-state index contributed by atoms with van der Waals surface area (Å²) in [7, 11) is 0. The highest BCUT2D eigenvalue weighted by atomic mass is 32.1. The molecule has 136 valence electrons. The molecule has 0 atom stereocenters. The van der Waals surface area contributed by atoms with Crippen LogP contribution in [-0.2, 0) is 13.2 Å². The Morgan fingerprint density at radius 2 is 1.88 bits per heavy atom. The lowest BCUT2D eigenvalue weighted by Crippen LogP contribution is -2.88. The van der Waals surface area contributed by atoms with Crippen LogP contribution in [0, 0.1) is 0 Å². The molecule has 3 rings (SSSR count). The molecule has 0 spiro atoms. The van der Waals surface area contributed by atoms with E-state index in [1.807, 2.05) is 6.92 Å². The quantitative estimate of drug-likeness (QED) is 0.703. The largest absolute Gasteiger partial charge is 0.490 e. The van der Waals surface area contributed by atoms with Crippen molar-refractivity contribution in [1.82, 2.24) is 0 Å². The molecular formula is C21H30NO2S+. The van der Waals surface area contributed by atoms with Crippen LogP contribution in [0.2, 0.25) is 0 Å². The smallest absolute Gasteiger partial charge is 0.161 e. The van der Waals surface area contributed by atoms with E-state index in [-0.39, 0.29) is 0 Å². The fraction of sp³-hybridized carbons (Fsp3) is 0.524. The molecule has 3 nitrogen and oxygen atoms in total. The second-order valence-corrected chi connectivity index (χ2v) is 7.81. The van der Waals surface area contributed by atoms with Crippen molar-refractivity contribution >= 4 is 11.3 Å².